The number of halogens is 2. The molecule has 3 aromatic rings. The van der Waals surface area contributed by atoms with Gasteiger partial charge >= 0.3 is 0 Å². The number of hydrogen-bond acceptors (Lipinski definition) is 2. The third-order valence-electron chi connectivity index (χ3n) is 3.68. The minimum absolute atomic E-state index is 0.275. The molecule has 1 heterocycles. The molecule has 0 amide bonds. The molecule has 21 heavy (non-hydrogen) atoms. The lowest BCUT2D eigenvalue weighted by Gasteiger charge is -2.17. The molecule has 1 nitrogen and oxygen atoms in total. The SMILES string of the molecule is CNC(Cc1csc2ccccc12)c1ccc(I)c(Cl)c1. The lowest BCUT2D eigenvalue weighted by Crippen LogP contribution is -2.18. The Morgan fingerprint density at radius 2 is 2.05 bits per heavy atom. The summed E-state index contributed by atoms with van der Waals surface area (Å²) < 4.78 is 2.44. The van der Waals surface area contributed by atoms with Crippen LogP contribution in [0, 0.1) is 3.57 Å². The van der Waals surface area contributed by atoms with Crippen molar-refractivity contribution in [1.29, 1.82) is 0 Å². The second kappa shape index (κ2) is 6.65. The van der Waals surface area contributed by atoms with Gasteiger partial charge < -0.3 is 5.32 Å². The Balaban J connectivity index is 1.92. The van der Waals surface area contributed by atoms with Crippen LogP contribution in [-0.2, 0) is 6.42 Å². The standard InChI is InChI=1S/C17H15ClINS/c1-20-16(11-6-7-15(19)14(18)8-11)9-12-10-21-17-5-3-2-4-13(12)17/h2-8,10,16,20H,9H2,1H3. The van der Waals surface area contributed by atoms with E-state index < -0.39 is 0 Å². The molecule has 0 radical (unpaired) electrons. The molecule has 0 spiro atoms. The predicted molar refractivity (Wildman–Crippen MR) is 101 cm³/mol. The zero-order valence-electron chi connectivity index (χ0n) is 11.6. The van der Waals surface area contributed by atoms with E-state index >= 15 is 0 Å². The van der Waals surface area contributed by atoms with Crippen molar-refractivity contribution in [3.63, 3.8) is 0 Å². The maximum absolute atomic E-state index is 6.26. The van der Waals surface area contributed by atoms with Crippen LogP contribution in [0.4, 0.5) is 0 Å². The van der Waals surface area contributed by atoms with Gasteiger partial charge in [0.05, 0.1) is 5.02 Å². The van der Waals surface area contributed by atoms with E-state index in [1.165, 1.54) is 21.2 Å². The number of likely N-dealkylation sites (N-methyl/N-ethyl adjacent to an activating group) is 1. The lowest BCUT2D eigenvalue weighted by molar-refractivity contribution is 0.594. The van der Waals surface area contributed by atoms with E-state index in [4.69, 9.17) is 11.6 Å². The summed E-state index contributed by atoms with van der Waals surface area (Å²) in [5.74, 6) is 0. The van der Waals surface area contributed by atoms with Crippen LogP contribution in [0.1, 0.15) is 17.2 Å². The number of hydrogen-bond donors (Lipinski definition) is 1. The van der Waals surface area contributed by atoms with Crippen LogP contribution in [0.25, 0.3) is 10.1 Å². The van der Waals surface area contributed by atoms with E-state index in [-0.39, 0.29) is 6.04 Å². The minimum Gasteiger partial charge on any atom is -0.313 e. The van der Waals surface area contributed by atoms with Crippen molar-refractivity contribution in [2.24, 2.45) is 0 Å². The summed E-state index contributed by atoms with van der Waals surface area (Å²) in [5.41, 5.74) is 2.63. The molecule has 2 aromatic carbocycles. The van der Waals surface area contributed by atoms with Crippen molar-refractivity contribution in [3.8, 4) is 0 Å². The molecular weight excluding hydrogens is 413 g/mol. The minimum atomic E-state index is 0.275. The average Bonchev–Trinajstić information content (AvgIpc) is 2.91. The highest BCUT2D eigenvalue weighted by atomic mass is 127. The van der Waals surface area contributed by atoms with Crippen molar-refractivity contribution in [1.82, 2.24) is 5.32 Å². The topological polar surface area (TPSA) is 12.0 Å². The Morgan fingerprint density at radius 1 is 1.24 bits per heavy atom. The molecule has 0 aliphatic carbocycles. The van der Waals surface area contributed by atoms with Gasteiger partial charge in [0.15, 0.2) is 0 Å². The number of thiophene rings is 1. The largest absolute Gasteiger partial charge is 0.313 e. The maximum atomic E-state index is 6.26. The molecular formula is C17H15ClINS. The Kier molecular flexibility index (Phi) is 4.84. The van der Waals surface area contributed by atoms with E-state index in [0.29, 0.717) is 0 Å². The third kappa shape index (κ3) is 3.26. The zero-order chi connectivity index (χ0) is 14.8. The summed E-state index contributed by atoms with van der Waals surface area (Å²) in [7, 11) is 2.01. The Hall–Kier alpha value is -0.620. The molecule has 0 bridgehead atoms. The van der Waals surface area contributed by atoms with Crippen LogP contribution in [0.3, 0.4) is 0 Å². The summed E-state index contributed by atoms with van der Waals surface area (Å²) >= 11 is 10.3. The van der Waals surface area contributed by atoms with Gasteiger partial charge in [0.25, 0.3) is 0 Å². The second-order valence-corrected chi connectivity index (χ2v) is 7.46. The van der Waals surface area contributed by atoms with Gasteiger partial charge in [0, 0.05) is 14.3 Å². The Labute approximate surface area is 147 Å². The van der Waals surface area contributed by atoms with Crippen molar-refractivity contribution in [2.45, 2.75) is 12.5 Å². The summed E-state index contributed by atoms with van der Waals surface area (Å²) in [6.45, 7) is 0. The normalized spacial score (nSPS) is 12.7. The molecule has 108 valence electrons. The fraction of sp³-hybridized carbons (Fsp3) is 0.176. The molecule has 1 N–H and O–H groups in total. The van der Waals surface area contributed by atoms with Crippen molar-refractivity contribution >= 4 is 55.6 Å². The van der Waals surface area contributed by atoms with E-state index in [1.807, 2.05) is 18.4 Å². The third-order valence-corrected chi connectivity index (χ3v) is 6.26. The van der Waals surface area contributed by atoms with Crippen LogP contribution < -0.4 is 5.32 Å². The number of fused-ring (bicyclic) bond motifs is 1. The average molecular weight is 428 g/mol. The van der Waals surface area contributed by atoms with Gasteiger partial charge in [0.1, 0.15) is 0 Å². The van der Waals surface area contributed by atoms with Gasteiger partial charge in [-0.2, -0.15) is 0 Å². The predicted octanol–water partition coefficient (Wildman–Crippen LogP) is 5.66. The van der Waals surface area contributed by atoms with Crippen molar-refractivity contribution < 1.29 is 0 Å². The molecule has 4 heteroatoms. The van der Waals surface area contributed by atoms with Crippen LogP contribution >= 0.6 is 45.5 Å². The van der Waals surface area contributed by atoms with Crippen molar-refractivity contribution in [2.75, 3.05) is 7.05 Å². The van der Waals surface area contributed by atoms with Gasteiger partial charge in [0.2, 0.25) is 0 Å². The fourth-order valence-electron chi connectivity index (χ4n) is 2.53. The highest BCUT2D eigenvalue weighted by molar-refractivity contribution is 14.1. The molecule has 1 aromatic heterocycles. The quantitative estimate of drug-likeness (QED) is 0.530. The maximum Gasteiger partial charge on any atom is 0.0542 e. The monoisotopic (exact) mass is 427 g/mol. The molecule has 0 saturated carbocycles. The number of nitrogens with one attached hydrogen (secondary N) is 1. The molecule has 0 fully saturated rings. The molecule has 1 atom stereocenters. The summed E-state index contributed by atoms with van der Waals surface area (Å²) in [6, 6.07) is 15.2. The van der Waals surface area contributed by atoms with Crippen LogP contribution in [0.5, 0.6) is 0 Å². The lowest BCUT2D eigenvalue weighted by atomic mass is 9.99. The highest BCUT2D eigenvalue weighted by Crippen LogP contribution is 2.30. The molecule has 0 aliphatic rings. The first-order chi connectivity index (χ1) is 10.2. The van der Waals surface area contributed by atoms with E-state index in [1.54, 1.807) is 0 Å². The molecule has 0 aliphatic heterocycles. The Morgan fingerprint density at radius 3 is 2.81 bits per heavy atom. The van der Waals surface area contributed by atoms with Gasteiger partial charge in [-0.1, -0.05) is 35.9 Å². The number of rotatable bonds is 4. The van der Waals surface area contributed by atoms with Crippen LogP contribution in [-0.4, -0.2) is 7.05 Å². The van der Waals surface area contributed by atoms with Gasteiger partial charge in [-0.3, -0.25) is 0 Å². The van der Waals surface area contributed by atoms with E-state index in [2.05, 4.69) is 75.8 Å². The molecule has 3 rings (SSSR count). The first-order valence-electron chi connectivity index (χ1n) is 6.76. The number of benzene rings is 2. The summed E-state index contributed by atoms with van der Waals surface area (Å²) in [4.78, 5) is 0. The van der Waals surface area contributed by atoms with E-state index in [9.17, 15) is 0 Å². The fourth-order valence-corrected chi connectivity index (χ4v) is 4.03. The second-order valence-electron chi connectivity index (χ2n) is 4.98. The first-order valence-corrected chi connectivity index (χ1v) is 9.10. The molecule has 1 unspecified atom stereocenters. The summed E-state index contributed by atoms with van der Waals surface area (Å²) in [6.07, 6.45) is 0.970. The van der Waals surface area contributed by atoms with Crippen LogP contribution in [0.2, 0.25) is 5.02 Å². The van der Waals surface area contributed by atoms with Gasteiger partial charge in [-0.15, -0.1) is 11.3 Å². The van der Waals surface area contributed by atoms with Gasteiger partial charge in [-0.05, 0) is 76.2 Å². The zero-order valence-corrected chi connectivity index (χ0v) is 15.3. The smallest absolute Gasteiger partial charge is 0.0542 e. The van der Waals surface area contributed by atoms with Crippen LogP contribution in [0.15, 0.2) is 47.8 Å². The highest BCUT2D eigenvalue weighted by Gasteiger charge is 2.14. The van der Waals surface area contributed by atoms with Gasteiger partial charge in [-0.25, -0.2) is 0 Å². The summed E-state index contributed by atoms with van der Waals surface area (Å²) in [5, 5.41) is 7.86. The van der Waals surface area contributed by atoms with Crippen molar-refractivity contribution in [3.05, 3.63) is 67.6 Å². The molecule has 0 saturated heterocycles. The van der Waals surface area contributed by atoms with E-state index in [0.717, 1.165) is 15.0 Å². The Bertz CT molecular complexity index is 768. The first kappa shape index (κ1) is 15.3.